The van der Waals surface area contributed by atoms with Crippen LogP contribution in [0.3, 0.4) is 0 Å². The summed E-state index contributed by atoms with van der Waals surface area (Å²) in [5, 5.41) is 13.2. The van der Waals surface area contributed by atoms with Crippen LogP contribution in [0.1, 0.15) is 0 Å². The van der Waals surface area contributed by atoms with Gasteiger partial charge < -0.3 is 15.2 Å². The van der Waals surface area contributed by atoms with Gasteiger partial charge in [0.25, 0.3) is 0 Å². The molecule has 0 saturated heterocycles. The van der Waals surface area contributed by atoms with Gasteiger partial charge in [-0.1, -0.05) is 17.7 Å². The Morgan fingerprint density at radius 1 is 1.60 bits per heavy atom. The Bertz CT molecular complexity index is 322. The molecule has 0 aromatic heterocycles. The molecule has 0 amide bonds. The molecular formula is C10H13BrClNO2. The number of rotatable bonds is 5. The quantitative estimate of drug-likeness (QED) is 0.877. The Kier molecular flexibility index (Phi) is 5.39. The number of aliphatic hydroxyl groups is 1. The zero-order valence-electron chi connectivity index (χ0n) is 8.34. The second-order valence-electron chi connectivity index (χ2n) is 3.09. The standard InChI is InChI=1S/C10H13BrClNO2/c1-15-6-7(14)5-13-9-4-2-3-8(12)10(9)11/h2-4,7,13-14H,5-6H2,1H3. The predicted molar refractivity (Wildman–Crippen MR) is 65.5 cm³/mol. The molecule has 1 atom stereocenters. The van der Waals surface area contributed by atoms with E-state index in [0.29, 0.717) is 18.2 Å². The van der Waals surface area contributed by atoms with Crippen LogP contribution in [0.15, 0.2) is 22.7 Å². The van der Waals surface area contributed by atoms with Crippen molar-refractivity contribution in [2.75, 3.05) is 25.6 Å². The van der Waals surface area contributed by atoms with E-state index >= 15 is 0 Å². The number of ether oxygens (including phenoxy) is 1. The average Bonchev–Trinajstić information content (AvgIpc) is 2.21. The Morgan fingerprint density at radius 3 is 3.00 bits per heavy atom. The van der Waals surface area contributed by atoms with Crippen LogP contribution in [0.2, 0.25) is 5.02 Å². The number of aliphatic hydroxyl groups excluding tert-OH is 1. The zero-order chi connectivity index (χ0) is 11.3. The van der Waals surface area contributed by atoms with Crippen LogP contribution in [0.25, 0.3) is 0 Å². The molecule has 0 spiro atoms. The van der Waals surface area contributed by atoms with Crippen LogP contribution >= 0.6 is 27.5 Å². The summed E-state index contributed by atoms with van der Waals surface area (Å²) in [6, 6.07) is 5.52. The Morgan fingerprint density at radius 2 is 2.33 bits per heavy atom. The minimum Gasteiger partial charge on any atom is -0.389 e. The molecule has 84 valence electrons. The predicted octanol–water partition coefficient (Wildman–Crippen LogP) is 2.52. The summed E-state index contributed by atoms with van der Waals surface area (Å²) in [4.78, 5) is 0. The van der Waals surface area contributed by atoms with E-state index in [1.807, 2.05) is 12.1 Å². The van der Waals surface area contributed by atoms with E-state index in [1.54, 1.807) is 13.2 Å². The molecule has 1 aromatic rings. The molecule has 0 aliphatic heterocycles. The van der Waals surface area contributed by atoms with Gasteiger partial charge in [-0.15, -0.1) is 0 Å². The van der Waals surface area contributed by atoms with Gasteiger partial charge in [-0.3, -0.25) is 0 Å². The summed E-state index contributed by atoms with van der Waals surface area (Å²) in [5.41, 5.74) is 0.859. The van der Waals surface area contributed by atoms with Gasteiger partial charge in [0, 0.05) is 13.7 Å². The van der Waals surface area contributed by atoms with Gasteiger partial charge in [0.05, 0.1) is 27.9 Å². The summed E-state index contributed by atoms with van der Waals surface area (Å²) >= 11 is 9.28. The third-order valence-electron chi connectivity index (χ3n) is 1.84. The molecule has 1 rings (SSSR count). The lowest BCUT2D eigenvalue weighted by molar-refractivity contribution is 0.0727. The van der Waals surface area contributed by atoms with Gasteiger partial charge in [0.15, 0.2) is 0 Å². The van der Waals surface area contributed by atoms with Crippen LogP contribution in [0.5, 0.6) is 0 Å². The SMILES string of the molecule is COCC(O)CNc1cccc(Cl)c1Br. The molecule has 0 radical (unpaired) electrons. The van der Waals surface area contributed by atoms with Crippen LogP contribution in [0, 0.1) is 0 Å². The van der Waals surface area contributed by atoms with Crippen molar-refractivity contribution in [3.63, 3.8) is 0 Å². The molecule has 0 aliphatic rings. The lowest BCUT2D eigenvalue weighted by Crippen LogP contribution is -2.24. The van der Waals surface area contributed by atoms with E-state index < -0.39 is 6.10 Å². The Hall–Kier alpha value is -0.290. The minimum atomic E-state index is -0.527. The van der Waals surface area contributed by atoms with Gasteiger partial charge in [0.2, 0.25) is 0 Å². The largest absolute Gasteiger partial charge is 0.389 e. The van der Waals surface area contributed by atoms with Crippen molar-refractivity contribution in [1.29, 1.82) is 0 Å². The van der Waals surface area contributed by atoms with Crippen LogP contribution in [-0.2, 0) is 4.74 Å². The first-order chi connectivity index (χ1) is 7.15. The molecule has 1 unspecified atom stereocenters. The molecule has 0 aliphatic carbocycles. The first-order valence-electron chi connectivity index (χ1n) is 4.50. The van der Waals surface area contributed by atoms with Crippen molar-refractivity contribution in [3.05, 3.63) is 27.7 Å². The normalized spacial score (nSPS) is 12.5. The minimum absolute atomic E-state index is 0.311. The molecule has 1 aromatic carbocycles. The maximum absolute atomic E-state index is 9.43. The van der Waals surface area contributed by atoms with Gasteiger partial charge >= 0.3 is 0 Å². The highest BCUT2D eigenvalue weighted by molar-refractivity contribution is 9.10. The molecule has 0 fully saturated rings. The summed E-state index contributed by atoms with van der Waals surface area (Å²) in [5.74, 6) is 0. The van der Waals surface area contributed by atoms with Crippen molar-refractivity contribution < 1.29 is 9.84 Å². The third-order valence-corrected chi connectivity index (χ3v) is 3.24. The highest BCUT2D eigenvalue weighted by Crippen LogP contribution is 2.29. The van der Waals surface area contributed by atoms with Crippen molar-refractivity contribution in [1.82, 2.24) is 0 Å². The number of benzene rings is 1. The van der Waals surface area contributed by atoms with Crippen molar-refractivity contribution in [2.45, 2.75) is 6.10 Å². The highest BCUT2D eigenvalue weighted by Gasteiger charge is 2.06. The molecule has 0 bridgehead atoms. The maximum atomic E-state index is 9.43. The zero-order valence-corrected chi connectivity index (χ0v) is 10.7. The van der Waals surface area contributed by atoms with Crippen LogP contribution in [-0.4, -0.2) is 31.5 Å². The smallest absolute Gasteiger partial charge is 0.0945 e. The van der Waals surface area contributed by atoms with E-state index in [4.69, 9.17) is 16.3 Å². The topological polar surface area (TPSA) is 41.5 Å². The number of hydrogen-bond acceptors (Lipinski definition) is 3. The molecule has 0 saturated carbocycles. The number of anilines is 1. The lowest BCUT2D eigenvalue weighted by atomic mass is 10.3. The fraction of sp³-hybridized carbons (Fsp3) is 0.400. The summed E-state index contributed by atoms with van der Waals surface area (Å²) in [6.07, 6.45) is -0.527. The van der Waals surface area contributed by atoms with Crippen LogP contribution in [0.4, 0.5) is 5.69 Å². The van der Waals surface area contributed by atoms with Crippen molar-refractivity contribution in [2.24, 2.45) is 0 Å². The van der Waals surface area contributed by atoms with Gasteiger partial charge in [-0.25, -0.2) is 0 Å². The average molecular weight is 295 g/mol. The number of nitrogens with one attached hydrogen (secondary N) is 1. The van der Waals surface area contributed by atoms with Gasteiger partial charge in [-0.05, 0) is 28.1 Å². The van der Waals surface area contributed by atoms with Gasteiger partial charge in [-0.2, -0.15) is 0 Å². The van der Waals surface area contributed by atoms with E-state index in [-0.39, 0.29) is 0 Å². The second-order valence-corrected chi connectivity index (χ2v) is 4.29. The monoisotopic (exact) mass is 293 g/mol. The van der Waals surface area contributed by atoms with E-state index in [9.17, 15) is 5.11 Å². The maximum Gasteiger partial charge on any atom is 0.0945 e. The molecule has 5 heteroatoms. The first-order valence-corrected chi connectivity index (χ1v) is 5.67. The van der Waals surface area contributed by atoms with E-state index in [2.05, 4.69) is 21.2 Å². The Balaban J connectivity index is 2.54. The van der Waals surface area contributed by atoms with E-state index in [0.717, 1.165) is 10.2 Å². The molecule has 2 N–H and O–H groups in total. The van der Waals surface area contributed by atoms with E-state index in [1.165, 1.54) is 0 Å². The molecular weight excluding hydrogens is 281 g/mol. The Labute approximate surface area is 103 Å². The second kappa shape index (κ2) is 6.33. The summed E-state index contributed by atoms with van der Waals surface area (Å²) < 4.78 is 5.62. The third kappa shape index (κ3) is 3.99. The molecule has 0 heterocycles. The number of methoxy groups -OCH3 is 1. The first kappa shape index (κ1) is 12.8. The number of hydrogen-bond donors (Lipinski definition) is 2. The van der Waals surface area contributed by atoms with Crippen molar-refractivity contribution >= 4 is 33.2 Å². The fourth-order valence-electron chi connectivity index (χ4n) is 1.12. The summed E-state index contributed by atoms with van der Waals surface area (Å²) in [7, 11) is 1.55. The number of halogens is 2. The van der Waals surface area contributed by atoms with Crippen LogP contribution < -0.4 is 5.32 Å². The fourth-order valence-corrected chi connectivity index (χ4v) is 1.70. The molecule has 15 heavy (non-hydrogen) atoms. The van der Waals surface area contributed by atoms with Crippen molar-refractivity contribution in [3.8, 4) is 0 Å². The molecule has 3 nitrogen and oxygen atoms in total. The van der Waals surface area contributed by atoms with Gasteiger partial charge in [0.1, 0.15) is 0 Å². The highest BCUT2D eigenvalue weighted by atomic mass is 79.9. The summed E-state index contributed by atoms with van der Waals surface area (Å²) in [6.45, 7) is 0.734. The lowest BCUT2D eigenvalue weighted by Gasteiger charge is -2.13.